The Morgan fingerprint density at radius 2 is 1.00 bits per heavy atom. The van der Waals surface area contributed by atoms with Crippen molar-refractivity contribution in [2.45, 2.75) is 41.5 Å². The first-order valence-corrected chi connectivity index (χ1v) is 8.98. The molecule has 2 aliphatic rings. The summed E-state index contributed by atoms with van der Waals surface area (Å²) in [6, 6.07) is 0. The van der Waals surface area contributed by atoms with Gasteiger partial charge in [0.05, 0.1) is 0 Å². The lowest BCUT2D eigenvalue weighted by Gasteiger charge is -2.46. The van der Waals surface area contributed by atoms with Gasteiger partial charge in [-0.05, 0) is 0 Å². The fraction of sp³-hybridized carbons (Fsp3) is 0.389. The number of rotatable bonds is 2. The average Bonchev–Trinajstić information content (AvgIpc) is 3.11. The number of ketones is 1. The maximum atomic E-state index is 15.2. The van der Waals surface area contributed by atoms with Gasteiger partial charge in [0.2, 0.25) is 5.83 Å². The summed E-state index contributed by atoms with van der Waals surface area (Å²) in [5, 5.41) is 0. The number of fused-ring (bicyclic) bond motifs is 3. The third-order valence-corrected chi connectivity index (χ3v) is 5.78. The molecule has 1 aromatic carbocycles. The molecule has 0 saturated heterocycles. The first-order chi connectivity index (χ1) is 17.1. The van der Waals surface area contributed by atoms with Crippen molar-refractivity contribution in [2.75, 3.05) is 0 Å². The number of carbonyl (C=O) groups excluding carboxylic acids is 1. The SMILES string of the molecule is O=C1C(F)=C(F)C2=C(C(F)(F)C(F)(F)F)c3c(F)c(F)c(F)c(F)c3C2(C(F)(F)C(F)(F)F)C(F)(F)C1(F)F. The van der Waals surface area contributed by atoms with E-state index in [0.29, 0.717) is 0 Å². The van der Waals surface area contributed by atoms with Crippen LogP contribution in [0, 0.1) is 23.3 Å². The van der Waals surface area contributed by atoms with Crippen LogP contribution in [-0.4, -0.2) is 41.8 Å². The van der Waals surface area contributed by atoms with Gasteiger partial charge in [0.1, 0.15) is 0 Å². The maximum Gasteiger partial charge on any atom is 0.458 e. The summed E-state index contributed by atoms with van der Waals surface area (Å²) in [4.78, 5) is 11.4. The van der Waals surface area contributed by atoms with Crippen LogP contribution in [-0.2, 0) is 10.2 Å². The van der Waals surface area contributed by atoms with Crippen molar-refractivity contribution in [1.29, 1.82) is 0 Å². The lowest BCUT2D eigenvalue weighted by atomic mass is 9.64. The standard InChI is InChI=1S/C18F20O/c19-5-1-2(13(25,26)17(33,34)35)4-7(21)10(24)11(39)14(27,28)15(29,30)12(4,16(31,32)18(36,37)38)3(1)6(20)9(23)8(5)22. The smallest absolute Gasteiger partial charge is 0.284 e. The second-order valence-corrected chi connectivity index (χ2v) is 7.76. The Morgan fingerprint density at radius 1 is 0.564 bits per heavy atom. The zero-order valence-electron chi connectivity index (χ0n) is 17.0. The van der Waals surface area contributed by atoms with E-state index < -0.39 is 104 Å². The molecule has 1 atom stereocenters. The molecule has 218 valence electrons. The molecule has 0 N–H and O–H groups in total. The van der Waals surface area contributed by atoms with Crippen LogP contribution in [0.2, 0.25) is 0 Å². The van der Waals surface area contributed by atoms with Crippen molar-refractivity contribution in [3.8, 4) is 0 Å². The maximum absolute atomic E-state index is 15.2. The summed E-state index contributed by atoms with van der Waals surface area (Å²) in [6.07, 6.45) is -15.6. The molecule has 0 radical (unpaired) electrons. The normalized spacial score (nSPS) is 23.7. The van der Waals surface area contributed by atoms with Crippen molar-refractivity contribution in [2.24, 2.45) is 0 Å². The van der Waals surface area contributed by atoms with Crippen LogP contribution in [0.3, 0.4) is 0 Å². The molecule has 2 aliphatic carbocycles. The number of carbonyl (C=O) groups is 1. The Hall–Kier alpha value is -3.03. The van der Waals surface area contributed by atoms with Crippen molar-refractivity contribution in [3.63, 3.8) is 0 Å². The van der Waals surface area contributed by atoms with Crippen molar-refractivity contribution < 1.29 is 92.6 Å². The van der Waals surface area contributed by atoms with E-state index in [0.717, 1.165) is 0 Å². The molecular weight excluding hydrogens is 612 g/mol. The second kappa shape index (κ2) is 7.79. The third-order valence-electron chi connectivity index (χ3n) is 5.78. The number of Topliss-reactive ketones (excluding diaryl/α,β-unsaturated/α-hetero) is 1. The van der Waals surface area contributed by atoms with Gasteiger partial charge in [0, 0.05) is 22.3 Å². The number of hydrogen-bond acceptors (Lipinski definition) is 1. The minimum Gasteiger partial charge on any atom is -0.284 e. The van der Waals surface area contributed by atoms with Crippen molar-refractivity contribution >= 4 is 11.4 Å². The molecule has 1 unspecified atom stereocenters. The molecule has 1 nitrogen and oxygen atoms in total. The summed E-state index contributed by atoms with van der Waals surface area (Å²) in [7, 11) is 0. The molecule has 0 bridgehead atoms. The minimum atomic E-state index is -8.22. The highest BCUT2D eigenvalue weighted by Gasteiger charge is 2.91. The number of benzene rings is 1. The van der Waals surface area contributed by atoms with Crippen LogP contribution in [0.4, 0.5) is 87.8 Å². The van der Waals surface area contributed by atoms with Gasteiger partial charge >= 0.3 is 36.0 Å². The molecule has 0 spiro atoms. The quantitative estimate of drug-likeness (QED) is 0.191. The van der Waals surface area contributed by atoms with Gasteiger partial charge in [0.15, 0.2) is 34.5 Å². The Labute approximate surface area is 198 Å². The summed E-state index contributed by atoms with van der Waals surface area (Å²) in [5.41, 5.74) is -24.7. The van der Waals surface area contributed by atoms with Crippen LogP contribution in [0.5, 0.6) is 0 Å². The van der Waals surface area contributed by atoms with E-state index in [1.165, 1.54) is 0 Å². The molecule has 21 heteroatoms. The summed E-state index contributed by atoms with van der Waals surface area (Å²) in [6.45, 7) is 0. The highest BCUT2D eigenvalue weighted by Crippen LogP contribution is 2.73. The predicted octanol–water partition coefficient (Wildman–Crippen LogP) is 7.65. The molecular formula is C18F20O. The largest absolute Gasteiger partial charge is 0.458 e. The molecule has 0 fully saturated rings. The lowest BCUT2D eigenvalue weighted by Crippen LogP contribution is -2.70. The third kappa shape index (κ3) is 3.14. The second-order valence-electron chi connectivity index (χ2n) is 7.76. The van der Waals surface area contributed by atoms with Gasteiger partial charge < -0.3 is 0 Å². The van der Waals surface area contributed by atoms with Crippen LogP contribution in [0.25, 0.3) is 5.57 Å². The molecule has 1 aromatic rings. The summed E-state index contributed by atoms with van der Waals surface area (Å²) in [5.74, 6) is -60.1. The monoisotopic (exact) mass is 612 g/mol. The first-order valence-electron chi connectivity index (χ1n) is 8.98. The van der Waals surface area contributed by atoms with E-state index >= 15 is 8.78 Å². The first kappa shape index (κ1) is 30.5. The number of allylic oxidation sites excluding steroid dienone is 4. The van der Waals surface area contributed by atoms with Gasteiger partial charge in [-0.15, -0.1) is 0 Å². The van der Waals surface area contributed by atoms with Crippen LogP contribution in [0.15, 0.2) is 17.2 Å². The topological polar surface area (TPSA) is 17.1 Å². The van der Waals surface area contributed by atoms with Crippen LogP contribution >= 0.6 is 0 Å². The van der Waals surface area contributed by atoms with E-state index in [1.807, 2.05) is 0 Å². The Balaban J connectivity index is 3.01. The molecule has 0 aliphatic heterocycles. The van der Waals surface area contributed by atoms with E-state index in [9.17, 15) is 83.8 Å². The van der Waals surface area contributed by atoms with Gasteiger partial charge in [-0.2, -0.15) is 65.9 Å². The summed E-state index contributed by atoms with van der Waals surface area (Å²) < 4.78 is 283. The molecule has 0 saturated carbocycles. The Morgan fingerprint density at radius 3 is 1.41 bits per heavy atom. The van der Waals surface area contributed by atoms with Crippen LogP contribution in [0.1, 0.15) is 11.1 Å². The fourth-order valence-corrected chi connectivity index (χ4v) is 4.15. The van der Waals surface area contributed by atoms with E-state index in [-0.39, 0.29) is 0 Å². The van der Waals surface area contributed by atoms with Gasteiger partial charge in [-0.25, -0.2) is 22.0 Å². The predicted molar refractivity (Wildman–Crippen MR) is 81.0 cm³/mol. The van der Waals surface area contributed by atoms with Gasteiger partial charge in [0.25, 0.3) is 5.78 Å². The van der Waals surface area contributed by atoms with E-state index in [1.54, 1.807) is 0 Å². The summed E-state index contributed by atoms with van der Waals surface area (Å²) >= 11 is 0. The van der Waals surface area contributed by atoms with Gasteiger partial charge in [-0.3, -0.25) is 4.79 Å². The molecule has 0 heterocycles. The molecule has 39 heavy (non-hydrogen) atoms. The Bertz CT molecular complexity index is 1360. The molecule has 0 aromatic heterocycles. The highest BCUT2D eigenvalue weighted by atomic mass is 19.4. The number of halogens is 20. The van der Waals surface area contributed by atoms with Gasteiger partial charge in [-0.1, -0.05) is 0 Å². The van der Waals surface area contributed by atoms with Crippen LogP contribution < -0.4 is 0 Å². The minimum absolute atomic E-state index is 3.68. The fourth-order valence-electron chi connectivity index (χ4n) is 4.15. The lowest BCUT2D eigenvalue weighted by molar-refractivity contribution is -0.349. The number of hydrogen-bond donors (Lipinski definition) is 0. The number of alkyl halides is 14. The van der Waals surface area contributed by atoms with E-state index in [4.69, 9.17) is 0 Å². The highest BCUT2D eigenvalue weighted by molar-refractivity contribution is 6.04. The van der Waals surface area contributed by atoms with Crippen molar-refractivity contribution in [1.82, 2.24) is 0 Å². The Kier molecular flexibility index (Phi) is 6.09. The molecule has 0 amide bonds. The average molecular weight is 612 g/mol. The zero-order valence-corrected chi connectivity index (χ0v) is 17.0. The molecule has 3 rings (SSSR count). The van der Waals surface area contributed by atoms with E-state index in [2.05, 4.69) is 0 Å². The zero-order chi connectivity index (χ0) is 30.9. The van der Waals surface area contributed by atoms with Crippen molar-refractivity contribution in [3.05, 3.63) is 51.6 Å².